The van der Waals surface area contributed by atoms with Crippen LogP contribution in [0.15, 0.2) is 20.6 Å². The zero-order valence-corrected chi connectivity index (χ0v) is 12.1. The molecule has 0 bridgehead atoms. The summed E-state index contributed by atoms with van der Waals surface area (Å²) < 4.78 is 0. The van der Waals surface area contributed by atoms with Crippen LogP contribution in [0.5, 0.6) is 0 Å². The summed E-state index contributed by atoms with van der Waals surface area (Å²) >= 11 is 0. The molecule has 0 aliphatic carbocycles. The van der Waals surface area contributed by atoms with E-state index in [1.54, 1.807) is 13.8 Å². The molecule has 8 nitrogen and oxygen atoms in total. The zero-order chi connectivity index (χ0) is 12.8. The van der Waals surface area contributed by atoms with Gasteiger partial charge in [-0.25, -0.2) is 0 Å². The average Bonchev–Trinajstić information content (AvgIpc) is 2.20. The molecule has 0 atom stereocenters. The summed E-state index contributed by atoms with van der Waals surface area (Å²) in [6.45, 7) is 3.31. The fourth-order valence-corrected chi connectivity index (χ4v) is 0.502. The maximum atomic E-state index is 7.90. The van der Waals surface area contributed by atoms with E-state index in [4.69, 9.17) is 10.4 Å². The predicted octanol–water partition coefficient (Wildman–Crippen LogP) is 0.932. The topological polar surface area (TPSA) is 108 Å². The molecule has 0 unspecified atom stereocenters. The quantitative estimate of drug-likeness (QED) is 0.337. The summed E-state index contributed by atoms with van der Waals surface area (Å²) in [6.07, 6.45) is 2.37. The van der Waals surface area contributed by atoms with Crippen molar-refractivity contribution in [2.45, 2.75) is 13.8 Å². The molecule has 0 rings (SSSR count). The summed E-state index contributed by atoms with van der Waals surface area (Å²) in [4.78, 5) is 8.68. The standard InChI is InChI=1S/2C4H8N2O2.2Cu/c2*1-4(3-5-7)6-8-2;;/h2*3,7H,1-2H3;;. The monoisotopic (exact) mass is 358 g/mol. The number of nitrogens with zero attached hydrogens (tertiary/aromatic N) is 4. The molecular formula is C8H16Cu2N4O4. The van der Waals surface area contributed by atoms with Gasteiger partial charge in [-0.2, -0.15) is 0 Å². The van der Waals surface area contributed by atoms with Crippen LogP contribution in [-0.4, -0.2) is 48.5 Å². The fourth-order valence-electron chi connectivity index (χ4n) is 0.502. The maximum Gasteiger partial charge on any atom is 0.106 e. The molecular weight excluding hydrogens is 343 g/mol. The average molecular weight is 359 g/mol. The van der Waals surface area contributed by atoms with E-state index in [-0.39, 0.29) is 34.1 Å². The molecule has 10 heteroatoms. The molecule has 0 saturated carbocycles. The van der Waals surface area contributed by atoms with Crippen molar-refractivity contribution in [1.29, 1.82) is 0 Å². The second-order valence-electron chi connectivity index (χ2n) is 2.32. The van der Waals surface area contributed by atoms with Crippen molar-refractivity contribution in [1.82, 2.24) is 0 Å². The summed E-state index contributed by atoms with van der Waals surface area (Å²) in [7, 11) is 2.85. The molecule has 0 saturated heterocycles. The van der Waals surface area contributed by atoms with E-state index < -0.39 is 0 Å². The Balaban J connectivity index is -0.0000000980. The van der Waals surface area contributed by atoms with E-state index in [1.807, 2.05) is 0 Å². The van der Waals surface area contributed by atoms with Crippen LogP contribution >= 0.6 is 0 Å². The number of hydrogen-bond donors (Lipinski definition) is 2. The van der Waals surface area contributed by atoms with Gasteiger partial charge in [0.15, 0.2) is 0 Å². The van der Waals surface area contributed by atoms with Crippen molar-refractivity contribution in [3.8, 4) is 0 Å². The Morgan fingerprint density at radius 2 is 1.11 bits per heavy atom. The van der Waals surface area contributed by atoms with E-state index in [0.717, 1.165) is 0 Å². The largest absolute Gasteiger partial charge is 0.411 e. The van der Waals surface area contributed by atoms with E-state index in [9.17, 15) is 0 Å². The van der Waals surface area contributed by atoms with E-state index in [0.29, 0.717) is 11.4 Å². The zero-order valence-electron chi connectivity index (χ0n) is 10.3. The molecule has 0 aromatic heterocycles. The van der Waals surface area contributed by atoms with Crippen LogP contribution in [0.3, 0.4) is 0 Å². The maximum absolute atomic E-state index is 7.90. The van der Waals surface area contributed by atoms with Crippen LogP contribution in [0.25, 0.3) is 0 Å². The third-order valence-corrected chi connectivity index (χ3v) is 0.960. The summed E-state index contributed by atoms with van der Waals surface area (Å²) in [6, 6.07) is 0. The van der Waals surface area contributed by atoms with Crippen molar-refractivity contribution in [3.05, 3.63) is 0 Å². The van der Waals surface area contributed by atoms with Gasteiger partial charge in [0.1, 0.15) is 14.2 Å². The van der Waals surface area contributed by atoms with Gasteiger partial charge in [0.2, 0.25) is 0 Å². The van der Waals surface area contributed by atoms with Crippen molar-refractivity contribution >= 4 is 23.9 Å². The Kier molecular flexibility index (Phi) is 30.3. The Morgan fingerprint density at radius 1 is 0.833 bits per heavy atom. The van der Waals surface area contributed by atoms with Crippen molar-refractivity contribution in [2.24, 2.45) is 20.6 Å². The minimum absolute atomic E-state index is 0. The third kappa shape index (κ3) is 24.2. The summed E-state index contributed by atoms with van der Waals surface area (Å²) in [5.74, 6) is 0. The third-order valence-electron chi connectivity index (χ3n) is 0.960. The molecule has 2 radical (unpaired) electrons. The molecule has 0 fully saturated rings. The Hall–Kier alpha value is -1.08. The van der Waals surface area contributed by atoms with Gasteiger partial charge in [-0.15, -0.1) is 0 Å². The second-order valence-corrected chi connectivity index (χ2v) is 2.32. The Labute approximate surface area is 127 Å². The molecule has 0 aromatic rings. The first-order valence-electron chi connectivity index (χ1n) is 4.12. The fraction of sp³-hybridized carbons (Fsp3) is 0.500. The number of oxime groups is 4. The smallest absolute Gasteiger partial charge is 0.106 e. The van der Waals surface area contributed by atoms with E-state index >= 15 is 0 Å². The molecule has 114 valence electrons. The molecule has 2 N–H and O–H groups in total. The van der Waals surface area contributed by atoms with Crippen LogP contribution in [0.2, 0.25) is 0 Å². The van der Waals surface area contributed by atoms with Gasteiger partial charge < -0.3 is 20.1 Å². The first-order chi connectivity index (χ1) is 7.62. The van der Waals surface area contributed by atoms with Gasteiger partial charge in [0.25, 0.3) is 0 Å². The first-order valence-corrected chi connectivity index (χ1v) is 4.12. The van der Waals surface area contributed by atoms with Crippen molar-refractivity contribution in [3.63, 3.8) is 0 Å². The molecule has 18 heavy (non-hydrogen) atoms. The van der Waals surface area contributed by atoms with Gasteiger partial charge in [-0.05, 0) is 13.8 Å². The normalized spacial score (nSPS) is 11.1. The Bertz CT molecular complexity index is 254. The molecule has 0 aromatic carbocycles. The van der Waals surface area contributed by atoms with Gasteiger partial charge in [-0.1, -0.05) is 20.6 Å². The molecule has 0 spiro atoms. The molecule has 0 amide bonds. The molecule has 0 aliphatic heterocycles. The number of hydrogen-bond acceptors (Lipinski definition) is 8. The number of rotatable bonds is 4. The SMILES string of the molecule is CON=C(C)C=NO.CON=C(C)C=NO.[Cu].[Cu]. The van der Waals surface area contributed by atoms with Gasteiger partial charge in [-0.3, -0.25) is 0 Å². The predicted molar refractivity (Wildman–Crippen MR) is 60.8 cm³/mol. The summed E-state index contributed by atoms with van der Waals surface area (Å²) in [5.41, 5.74) is 1.05. The van der Waals surface area contributed by atoms with Crippen LogP contribution in [0, 0.1) is 0 Å². The van der Waals surface area contributed by atoms with E-state index in [1.165, 1.54) is 26.6 Å². The summed E-state index contributed by atoms with van der Waals surface area (Å²) in [5, 5.41) is 28.1. The second kappa shape index (κ2) is 21.2. The van der Waals surface area contributed by atoms with Crippen molar-refractivity contribution in [2.75, 3.05) is 14.2 Å². The minimum Gasteiger partial charge on any atom is -0.411 e. The molecule has 0 heterocycles. The van der Waals surface area contributed by atoms with Crippen LogP contribution in [0.4, 0.5) is 0 Å². The van der Waals surface area contributed by atoms with E-state index in [2.05, 4.69) is 30.3 Å². The minimum atomic E-state index is 0. The van der Waals surface area contributed by atoms with Crippen LogP contribution < -0.4 is 0 Å². The van der Waals surface area contributed by atoms with Crippen LogP contribution in [0.1, 0.15) is 13.8 Å². The first kappa shape index (κ1) is 25.7. The van der Waals surface area contributed by atoms with Gasteiger partial charge >= 0.3 is 0 Å². The Morgan fingerprint density at radius 3 is 1.28 bits per heavy atom. The van der Waals surface area contributed by atoms with Gasteiger partial charge in [0.05, 0.1) is 23.9 Å². The van der Waals surface area contributed by atoms with Crippen LogP contribution in [-0.2, 0) is 43.8 Å². The van der Waals surface area contributed by atoms with Crippen molar-refractivity contribution < 1.29 is 54.2 Å². The van der Waals surface area contributed by atoms with Gasteiger partial charge in [0, 0.05) is 34.1 Å². The molecule has 0 aliphatic rings.